The topological polar surface area (TPSA) is 79.1 Å². The first-order valence-corrected chi connectivity index (χ1v) is 10.2. The van der Waals surface area contributed by atoms with Crippen molar-refractivity contribution in [1.82, 2.24) is 0 Å². The number of nitrogens with zero attached hydrogens (tertiary/aromatic N) is 1. The molecule has 0 aromatic carbocycles. The van der Waals surface area contributed by atoms with Gasteiger partial charge in [0.05, 0.1) is 5.60 Å². The molecular formula is C22H31NO4. The van der Waals surface area contributed by atoms with Crippen LogP contribution in [0, 0.1) is 28.6 Å². The van der Waals surface area contributed by atoms with E-state index in [-0.39, 0.29) is 10.8 Å². The van der Waals surface area contributed by atoms with Crippen LogP contribution in [0.15, 0.2) is 29.0 Å². The van der Waals surface area contributed by atoms with Gasteiger partial charge in [-0.3, -0.25) is 0 Å². The van der Waals surface area contributed by atoms with Crippen LogP contribution >= 0.6 is 0 Å². The number of aliphatic hydroxyl groups is 1. The van der Waals surface area contributed by atoms with E-state index in [1.807, 2.05) is 13.0 Å². The van der Waals surface area contributed by atoms with Gasteiger partial charge in [0, 0.05) is 5.41 Å². The molecule has 0 aromatic rings. The van der Waals surface area contributed by atoms with Crippen molar-refractivity contribution in [2.45, 2.75) is 64.9 Å². The summed E-state index contributed by atoms with van der Waals surface area (Å²) < 4.78 is 0. The SMILES string of the molecule is C[C@]12C=C/C(=N/OCC(=O)O)C=C1CC[C@H]1[C@H]2CC[C@@]2(C)[C@@H]1CC[C@]2(C)O. The lowest BCUT2D eigenvalue weighted by Crippen LogP contribution is -2.53. The average Bonchev–Trinajstić information content (AvgIpc) is 2.84. The second-order valence-electron chi connectivity index (χ2n) is 9.65. The fraction of sp³-hybridized carbons (Fsp3) is 0.727. The number of carboxylic acids is 1. The Morgan fingerprint density at radius 3 is 2.70 bits per heavy atom. The van der Waals surface area contributed by atoms with Crippen molar-refractivity contribution in [3.8, 4) is 0 Å². The minimum absolute atomic E-state index is 0.0323. The quantitative estimate of drug-likeness (QED) is 0.735. The van der Waals surface area contributed by atoms with Crippen molar-refractivity contribution in [3.63, 3.8) is 0 Å². The highest BCUT2D eigenvalue weighted by Crippen LogP contribution is 2.66. The van der Waals surface area contributed by atoms with Crippen LogP contribution in [0.25, 0.3) is 0 Å². The van der Waals surface area contributed by atoms with Crippen LogP contribution in [-0.4, -0.2) is 34.1 Å². The molecule has 2 N–H and O–H groups in total. The first-order chi connectivity index (χ1) is 12.7. The van der Waals surface area contributed by atoms with Crippen LogP contribution in [0.2, 0.25) is 0 Å². The smallest absolute Gasteiger partial charge is 0.344 e. The van der Waals surface area contributed by atoms with Crippen molar-refractivity contribution < 1.29 is 19.8 Å². The van der Waals surface area contributed by atoms with E-state index < -0.39 is 18.2 Å². The molecule has 5 heteroatoms. The molecule has 0 amide bonds. The Morgan fingerprint density at radius 1 is 1.22 bits per heavy atom. The monoisotopic (exact) mass is 373 g/mol. The Morgan fingerprint density at radius 2 is 1.96 bits per heavy atom. The van der Waals surface area contributed by atoms with E-state index >= 15 is 0 Å². The van der Waals surface area contributed by atoms with Gasteiger partial charge < -0.3 is 15.1 Å². The largest absolute Gasteiger partial charge is 0.479 e. The summed E-state index contributed by atoms with van der Waals surface area (Å²) in [6.07, 6.45) is 12.8. The molecule has 4 aliphatic carbocycles. The van der Waals surface area contributed by atoms with Gasteiger partial charge in [0.1, 0.15) is 5.71 Å². The fourth-order valence-electron chi connectivity index (χ4n) is 6.67. The van der Waals surface area contributed by atoms with E-state index in [2.05, 4.69) is 31.2 Å². The summed E-state index contributed by atoms with van der Waals surface area (Å²) in [4.78, 5) is 15.5. The summed E-state index contributed by atoms with van der Waals surface area (Å²) in [5.41, 5.74) is 1.62. The lowest BCUT2D eigenvalue weighted by atomic mass is 9.47. The highest BCUT2D eigenvalue weighted by atomic mass is 16.6. The molecule has 5 nitrogen and oxygen atoms in total. The van der Waals surface area contributed by atoms with Gasteiger partial charge in [-0.1, -0.05) is 30.7 Å². The number of hydrogen-bond donors (Lipinski definition) is 2. The Kier molecular flexibility index (Phi) is 4.30. The Bertz CT molecular complexity index is 737. The van der Waals surface area contributed by atoms with E-state index in [0.717, 1.165) is 32.1 Å². The molecule has 0 heterocycles. The molecule has 0 aliphatic heterocycles. The zero-order chi connectivity index (χ0) is 19.4. The first kappa shape index (κ1) is 18.7. The van der Waals surface area contributed by atoms with Gasteiger partial charge in [0.25, 0.3) is 0 Å². The molecule has 0 unspecified atom stereocenters. The third kappa shape index (κ3) is 2.77. The third-order valence-corrected chi connectivity index (χ3v) is 8.49. The summed E-state index contributed by atoms with van der Waals surface area (Å²) in [5.74, 6) is 0.843. The second kappa shape index (κ2) is 6.20. The van der Waals surface area contributed by atoms with Crippen LogP contribution in [-0.2, 0) is 9.63 Å². The third-order valence-electron chi connectivity index (χ3n) is 8.49. The molecule has 3 fully saturated rings. The molecule has 4 rings (SSSR count). The van der Waals surface area contributed by atoms with Crippen molar-refractivity contribution in [3.05, 3.63) is 23.8 Å². The molecule has 4 aliphatic rings. The van der Waals surface area contributed by atoms with Gasteiger partial charge in [0.2, 0.25) is 6.61 Å². The number of allylic oxidation sites excluding steroid dienone is 4. The highest BCUT2D eigenvalue weighted by molar-refractivity contribution is 6.05. The zero-order valence-electron chi connectivity index (χ0n) is 16.6. The van der Waals surface area contributed by atoms with Crippen molar-refractivity contribution in [2.75, 3.05) is 6.61 Å². The first-order valence-electron chi connectivity index (χ1n) is 10.2. The van der Waals surface area contributed by atoms with Crippen LogP contribution in [0.5, 0.6) is 0 Å². The molecule has 148 valence electrons. The van der Waals surface area contributed by atoms with Crippen LogP contribution in [0.3, 0.4) is 0 Å². The van der Waals surface area contributed by atoms with Gasteiger partial charge in [-0.2, -0.15) is 0 Å². The molecule has 0 aromatic heterocycles. The van der Waals surface area contributed by atoms with Crippen molar-refractivity contribution >= 4 is 11.7 Å². The minimum atomic E-state index is -1.02. The highest BCUT2D eigenvalue weighted by Gasteiger charge is 2.61. The minimum Gasteiger partial charge on any atom is -0.479 e. The van der Waals surface area contributed by atoms with Gasteiger partial charge in [0.15, 0.2) is 0 Å². The molecule has 0 radical (unpaired) electrons. The van der Waals surface area contributed by atoms with Gasteiger partial charge in [-0.05, 0) is 80.8 Å². The lowest BCUT2D eigenvalue weighted by molar-refractivity contribution is -0.142. The van der Waals surface area contributed by atoms with Crippen molar-refractivity contribution in [1.29, 1.82) is 0 Å². The summed E-state index contributed by atoms with van der Waals surface area (Å²) in [6, 6.07) is 0. The van der Waals surface area contributed by atoms with E-state index in [0.29, 0.717) is 23.5 Å². The van der Waals surface area contributed by atoms with E-state index in [9.17, 15) is 9.90 Å². The Balaban J connectivity index is 1.57. The van der Waals surface area contributed by atoms with Gasteiger partial charge >= 0.3 is 5.97 Å². The maximum absolute atomic E-state index is 11.0. The number of aliphatic carboxylic acids is 1. The second-order valence-corrected chi connectivity index (χ2v) is 9.65. The molecule has 0 spiro atoms. The normalized spacial score (nSPS) is 47.0. The van der Waals surface area contributed by atoms with Crippen LogP contribution < -0.4 is 0 Å². The molecule has 3 saturated carbocycles. The number of rotatable bonds is 3. The Labute approximate surface area is 161 Å². The van der Waals surface area contributed by atoms with E-state index in [1.165, 1.54) is 12.0 Å². The summed E-state index contributed by atoms with van der Waals surface area (Å²) >= 11 is 0. The van der Waals surface area contributed by atoms with Crippen LogP contribution in [0.1, 0.15) is 59.3 Å². The Hall–Kier alpha value is -1.62. The maximum atomic E-state index is 11.0. The molecule has 0 bridgehead atoms. The fourth-order valence-corrected chi connectivity index (χ4v) is 6.67. The number of carbonyl (C=O) groups is 1. The van der Waals surface area contributed by atoms with E-state index in [4.69, 9.17) is 9.94 Å². The van der Waals surface area contributed by atoms with Crippen LogP contribution in [0.4, 0.5) is 0 Å². The number of fused-ring (bicyclic) bond motifs is 5. The maximum Gasteiger partial charge on any atom is 0.344 e. The zero-order valence-corrected chi connectivity index (χ0v) is 16.6. The number of hydrogen-bond acceptors (Lipinski definition) is 4. The average molecular weight is 373 g/mol. The predicted molar refractivity (Wildman–Crippen MR) is 103 cm³/mol. The standard InChI is InChI=1S/C22H31NO4/c1-20-9-6-15(23-27-13-19(24)25)12-14(20)4-5-16-17(20)7-10-21(2)18(16)8-11-22(21,3)26/h6,9,12,16-18,26H,4-5,7-8,10-11,13H2,1-3H3,(H,24,25)/b23-15-/t16-,17+,18+,20-,21-,22-/m0/s1. The van der Waals surface area contributed by atoms with Gasteiger partial charge in [-0.25, -0.2) is 4.79 Å². The van der Waals surface area contributed by atoms with Crippen molar-refractivity contribution in [2.24, 2.45) is 33.7 Å². The summed E-state index contributed by atoms with van der Waals surface area (Å²) in [6.45, 7) is 6.29. The van der Waals surface area contributed by atoms with E-state index in [1.54, 1.807) is 0 Å². The lowest BCUT2D eigenvalue weighted by Gasteiger charge is -2.58. The van der Waals surface area contributed by atoms with Gasteiger partial charge in [-0.15, -0.1) is 0 Å². The molecule has 27 heavy (non-hydrogen) atoms. The predicted octanol–water partition coefficient (Wildman–Crippen LogP) is 3.93. The summed E-state index contributed by atoms with van der Waals surface area (Å²) in [7, 11) is 0. The number of carboxylic acid groups (broad SMARTS) is 1. The summed E-state index contributed by atoms with van der Waals surface area (Å²) in [5, 5.41) is 23.7. The number of oxime groups is 1. The molecule has 6 atom stereocenters. The molecular weight excluding hydrogens is 342 g/mol. The molecule has 0 saturated heterocycles.